The number of aromatic amines is 1. The molecule has 8 heteroatoms. The molecular weight excluding hydrogens is 446 g/mol. The average molecular weight is 474 g/mol. The third-order valence-corrected chi connectivity index (χ3v) is 5.83. The molecule has 0 aliphatic heterocycles. The summed E-state index contributed by atoms with van der Waals surface area (Å²) in [6.45, 7) is 1.10. The minimum Gasteiger partial charge on any atom is -0.506 e. The first-order valence-electron chi connectivity index (χ1n) is 11.3. The van der Waals surface area contributed by atoms with Crippen LogP contribution in [0.25, 0.3) is 10.9 Å². The standard InChI is InChI=1S/C27H27N3O5/c31-23-11-9-21(22-10-12-25(33)29-26(22)23)24(32)16-28-14-13-18-7-4-8-20(15-18)30(27(34)35)17-19-5-2-1-3-6-19/h1-12,15,24,28,31-32H,13-14,16-17H2,(H,29,33)(H,34,35)/t24-/m0/s1. The second-order valence-electron chi connectivity index (χ2n) is 8.28. The third-order valence-electron chi connectivity index (χ3n) is 5.83. The van der Waals surface area contributed by atoms with Crippen molar-refractivity contribution in [2.24, 2.45) is 0 Å². The zero-order valence-electron chi connectivity index (χ0n) is 19.0. The van der Waals surface area contributed by atoms with Gasteiger partial charge in [-0.3, -0.25) is 9.69 Å². The van der Waals surface area contributed by atoms with Gasteiger partial charge in [0.2, 0.25) is 5.56 Å². The summed E-state index contributed by atoms with van der Waals surface area (Å²) in [5, 5.41) is 34.2. The van der Waals surface area contributed by atoms with Crippen molar-refractivity contribution in [3.05, 3.63) is 106 Å². The highest BCUT2D eigenvalue weighted by Crippen LogP contribution is 2.28. The van der Waals surface area contributed by atoms with E-state index in [4.69, 9.17) is 0 Å². The molecule has 0 aliphatic carbocycles. The highest BCUT2D eigenvalue weighted by molar-refractivity contribution is 5.87. The molecule has 3 aromatic carbocycles. The van der Waals surface area contributed by atoms with Gasteiger partial charge < -0.3 is 25.6 Å². The second-order valence-corrected chi connectivity index (χ2v) is 8.28. The Bertz CT molecular complexity index is 1370. The normalized spacial score (nSPS) is 11.9. The average Bonchev–Trinajstić information content (AvgIpc) is 2.86. The number of nitrogens with one attached hydrogen (secondary N) is 2. The summed E-state index contributed by atoms with van der Waals surface area (Å²) >= 11 is 0. The Morgan fingerprint density at radius 3 is 2.51 bits per heavy atom. The van der Waals surface area contributed by atoms with E-state index in [1.807, 2.05) is 48.5 Å². The molecule has 8 nitrogen and oxygen atoms in total. The largest absolute Gasteiger partial charge is 0.506 e. The number of aliphatic hydroxyl groups excluding tert-OH is 1. The van der Waals surface area contributed by atoms with Crippen molar-refractivity contribution < 1.29 is 20.1 Å². The zero-order valence-corrected chi connectivity index (χ0v) is 19.0. The molecule has 4 aromatic rings. The van der Waals surface area contributed by atoms with Gasteiger partial charge in [-0.05, 0) is 53.9 Å². The Labute approximate surface area is 202 Å². The van der Waals surface area contributed by atoms with Crippen LogP contribution >= 0.6 is 0 Å². The van der Waals surface area contributed by atoms with Gasteiger partial charge in [0.25, 0.3) is 0 Å². The number of H-pyrrole nitrogens is 1. The maximum absolute atomic E-state index is 11.9. The first kappa shape index (κ1) is 24.0. The molecule has 0 spiro atoms. The van der Waals surface area contributed by atoms with Gasteiger partial charge in [0.1, 0.15) is 5.75 Å². The lowest BCUT2D eigenvalue weighted by molar-refractivity contribution is 0.176. The molecule has 0 bridgehead atoms. The van der Waals surface area contributed by atoms with E-state index in [-0.39, 0.29) is 24.4 Å². The number of nitrogens with zero attached hydrogens (tertiary/aromatic N) is 1. The summed E-state index contributed by atoms with van der Waals surface area (Å²) in [7, 11) is 0. The highest BCUT2D eigenvalue weighted by atomic mass is 16.4. The predicted octanol–water partition coefficient (Wildman–Crippen LogP) is 3.78. The van der Waals surface area contributed by atoms with Gasteiger partial charge in [-0.2, -0.15) is 0 Å². The molecule has 1 aromatic heterocycles. The van der Waals surface area contributed by atoms with E-state index in [9.17, 15) is 24.9 Å². The van der Waals surface area contributed by atoms with E-state index in [0.717, 1.165) is 11.1 Å². The van der Waals surface area contributed by atoms with Crippen LogP contribution < -0.4 is 15.8 Å². The molecule has 35 heavy (non-hydrogen) atoms. The van der Waals surface area contributed by atoms with Crippen LogP contribution in [0.4, 0.5) is 10.5 Å². The van der Waals surface area contributed by atoms with Gasteiger partial charge in [-0.25, -0.2) is 4.79 Å². The van der Waals surface area contributed by atoms with E-state index in [1.54, 1.807) is 18.2 Å². The number of anilines is 1. The molecule has 0 saturated carbocycles. The number of carboxylic acid groups (broad SMARTS) is 1. The topological polar surface area (TPSA) is 126 Å². The Morgan fingerprint density at radius 2 is 1.74 bits per heavy atom. The lowest BCUT2D eigenvalue weighted by atomic mass is 10.0. The third kappa shape index (κ3) is 5.87. The van der Waals surface area contributed by atoms with Gasteiger partial charge in [0.05, 0.1) is 18.2 Å². The fourth-order valence-corrected chi connectivity index (χ4v) is 4.05. The number of phenols is 1. The molecule has 0 radical (unpaired) electrons. The summed E-state index contributed by atoms with van der Waals surface area (Å²) in [5.74, 6) is -0.0517. The number of hydrogen-bond donors (Lipinski definition) is 5. The number of fused-ring (bicyclic) bond motifs is 1. The fraction of sp³-hybridized carbons (Fsp3) is 0.185. The van der Waals surface area contributed by atoms with Crippen molar-refractivity contribution >= 4 is 22.7 Å². The first-order valence-corrected chi connectivity index (χ1v) is 11.3. The molecular formula is C27H27N3O5. The van der Waals surface area contributed by atoms with Crippen molar-refractivity contribution in [1.29, 1.82) is 0 Å². The number of benzene rings is 3. The summed E-state index contributed by atoms with van der Waals surface area (Å²) < 4.78 is 0. The van der Waals surface area contributed by atoms with Crippen LogP contribution in [0.15, 0.2) is 83.7 Å². The van der Waals surface area contributed by atoms with Crippen molar-refractivity contribution in [3.63, 3.8) is 0 Å². The van der Waals surface area contributed by atoms with E-state index < -0.39 is 12.2 Å². The number of hydrogen-bond acceptors (Lipinski definition) is 5. The summed E-state index contributed by atoms with van der Waals surface area (Å²) in [4.78, 5) is 27.4. The molecule has 0 unspecified atom stereocenters. The van der Waals surface area contributed by atoms with E-state index in [2.05, 4.69) is 10.3 Å². The Hall–Kier alpha value is -4.14. The SMILES string of the molecule is O=C(O)N(Cc1ccccc1)c1cccc(CCNC[C@H](O)c2ccc(O)c3[nH]c(=O)ccc23)c1. The number of aromatic hydroxyl groups is 1. The maximum Gasteiger partial charge on any atom is 0.412 e. The van der Waals surface area contributed by atoms with Crippen LogP contribution in [-0.2, 0) is 13.0 Å². The molecule has 1 atom stereocenters. The van der Waals surface area contributed by atoms with Crippen molar-refractivity contribution in [2.45, 2.75) is 19.1 Å². The maximum atomic E-state index is 11.9. The fourth-order valence-electron chi connectivity index (χ4n) is 4.05. The number of phenolic OH excluding ortho intramolecular Hbond substituents is 1. The molecule has 4 rings (SSSR count). The second kappa shape index (κ2) is 10.9. The first-order chi connectivity index (χ1) is 16.9. The predicted molar refractivity (Wildman–Crippen MR) is 135 cm³/mol. The van der Waals surface area contributed by atoms with Crippen molar-refractivity contribution in [2.75, 3.05) is 18.0 Å². The molecule has 0 saturated heterocycles. The molecule has 180 valence electrons. The highest BCUT2D eigenvalue weighted by Gasteiger charge is 2.16. The number of aliphatic hydroxyl groups is 1. The number of pyridine rings is 1. The molecule has 1 amide bonds. The van der Waals surface area contributed by atoms with Crippen LogP contribution in [0, 0.1) is 0 Å². The van der Waals surface area contributed by atoms with Crippen LogP contribution in [0.1, 0.15) is 22.8 Å². The monoisotopic (exact) mass is 473 g/mol. The smallest absolute Gasteiger partial charge is 0.412 e. The van der Waals surface area contributed by atoms with Gasteiger partial charge in [0, 0.05) is 23.7 Å². The number of aromatic nitrogens is 1. The van der Waals surface area contributed by atoms with Crippen LogP contribution in [0.5, 0.6) is 5.75 Å². The van der Waals surface area contributed by atoms with E-state index in [0.29, 0.717) is 35.1 Å². The van der Waals surface area contributed by atoms with Crippen molar-refractivity contribution in [1.82, 2.24) is 10.3 Å². The Balaban J connectivity index is 1.37. The van der Waals surface area contributed by atoms with E-state index >= 15 is 0 Å². The summed E-state index contributed by atoms with van der Waals surface area (Å²) in [6.07, 6.45) is -1.22. The molecule has 0 aliphatic rings. The van der Waals surface area contributed by atoms with Crippen LogP contribution in [0.2, 0.25) is 0 Å². The van der Waals surface area contributed by atoms with Crippen LogP contribution in [0.3, 0.4) is 0 Å². The van der Waals surface area contributed by atoms with Gasteiger partial charge in [0.15, 0.2) is 0 Å². The number of carbonyl (C=O) groups is 1. The lowest BCUT2D eigenvalue weighted by Crippen LogP contribution is -2.28. The van der Waals surface area contributed by atoms with Gasteiger partial charge in [-0.1, -0.05) is 48.5 Å². The lowest BCUT2D eigenvalue weighted by Gasteiger charge is -2.20. The van der Waals surface area contributed by atoms with E-state index in [1.165, 1.54) is 17.0 Å². The zero-order chi connectivity index (χ0) is 24.8. The van der Waals surface area contributed by atoms with Crippen LogP contribution in [-0.4, -0.2) is 39.5 Å². The molecule has 1 heterocycles. The minimum absolute atomic E-state index is 0.0517. The molecule has 0 fully saturated rings. The summed E-state index contributed by atoms with van der Waals surface area (Å²) in [6, 6.07) is 22.9. The minimum atomic E-state index is -1.02. The molecule has 5 N–H and O–H groups in total. The number of rotatable bonds is 9. The van der Waals surface area contributed by atoms with Crippen molar-refractivity contribution in [3.8, 4) is 5.75 Å². The van der Waals surface area contributed by atoms with Gasteiger partial charge in [-0.15, -0.1) is 0 Å². The summed E-state index contributed by atoms with van der Waals surface area (Å²) in [5.41, 5.74) is 3.04. The quantitative estimate of drug-likeness (QED) is 0.236. The Morgan fingerprint density at radius 1 is 0.971 bits per heavy atom. The van der Waals surface area contributed by atoms with Gasteiger partial charge >= 0.3 is 6.09 Å². The Kier molecular flexibility index (Phi) is 7.45. The number of amides is 1.